The van der Waals surface area contributed by atoms with Crippen LogP contribution in [-0.2, 0) is 13.2 Å². The highest BCUT2D eigenvalue weighted by molar-refractivity contribution is 6.30. The quantitative estimate of drug-likeness (QED) is 0.583. The molecule has 0 atom stereocenters. The first-order valence-electron chi connectivity index (χ1n) is 8.14. The molecule has 1 N–H and O–H groups in total. The van der Waals surface area contributed by atoms with Crippen LogP contribution in [0.3, 0.4) is 0 Å². The average Bonchev–Trinajstić information content (AvgIpc) is 2.94. The lowest BCUT2D eigenvalue weighted by atomic mass is 10.2. The fourth-order valence-electron chi connectivity index (χ4n) is 2.68. The Morgan fingerprint density at radius 3 is 2.70 bits per heavy atom. The molecule has 1 aromatic heterocycles. The molecule has 2 aromatic carbocycles. The molecular weight excluding hydrogens is 373 g/mol. The molecule has 27 heavy (non-hydrogen) atoms. The van der Waals surface area contributed by atoms with Crippen molar-refractivity contribution in [3.8, 4) is 11.5 Å². The van der Waals surface area contributed by atoms with Gasteiger partial charge in [-0.2, -0.15) is 0 Å². The summed E-state index contributed by atoms with van der Waals surface area (Å²) in [5.74, 6) is 0.469. The van der Waals surface area contributed by atoms with E-state index in [0.717, 1.165) is 11.3 Å². The van der Waals surface area contributed by atoms with Gasteiger partial charge in [-0.15, -0.1) is 0 Å². The number of aryl methyl sites for hydroxylation is 1. The van der Waals surface area contributed by atoms with Crippen LogP contribution in [-0.4, -0.2) is 15.8 Å². The van der Waals surface area contributed by atoms with Crippen molar-refractivity contribution in [3.05, 3.63) is 82.4 Å². The fourth-order valence-corrected chi connectivity index (χ4v) is 2.87. The zero-order chi connectivity index (χ0) is 19.4. The molecule has 1 heterocycles. The van der Waals surface area contributed by atoms with Crippen LogP contribution in [0, 0.1) is 12.7 Å². The molecule has 0 aliphatic heterocycles. The zero-order valence-electron chi connectivity index (χ0n) is 14.5. The van der Waals surface area contributed by atoms with E-state index in [1.54, 1.807) is 48.7 Å². The molecule has 0 amide bonds. The number of benzene rings is 2. The summed E-state index contributed by atoms with van der Waals surface area (Å²) in [6.07, 6.45) is 0.217. The van der Waals surface area contributed by atoms with Crippen LogP contribution < -0.4 is 9.47 Å². The molecule has 0 spiro atoms. The van der Waals surface area contributed by atoms with Crippen molar-refractivity contribution in [2.24, 2.45) is 0 Å². The zero-order valence-corrected chi connectivity index (χ0v) is 15.2. The molecule has 7 heteroatoms. The molecule has 0 saturated heterocycles. The van der Waals surface area contributed by atoms with Crippen molar-refractivity contribution < 1.29 is 23.8 Å². The first-order chi connectivity index (χ1) is 12.9. The molecule has 3 aromatic rings. The van der Waals surface area contributed by atoms with Crippen molar-refractivity contribution >= 4 is 17.8 Å². The van der Waals surface area contributed by atoms with Gasteiger partial charge in [-0.3, -0.25) is 0 Å². The van der Waals surface area contributed by atoms with Gasteiger partial charge < -0.3 is 19.1 Å². The lowest BCUT2D eigenvalue weighted by molar-refractivity contribution is 0.144. The first kappa shape index (κ1) is 18.8. The Bertz CT molecular complexity index is 970. The van der Waals surface area contributed by atoms with Gasteiger partial charge in [0.2, 0.25) is 0 Å². The van der Waals surface area contributed by atoms with Gasteiger partial charge in [0, 0.05) is 34.1 Å². The second-order valence-electron chi connectivity index (χ2n) is 5.95. The van der Waals surface area contributed by atoms with E-state index < -0.39 is 6.16 Å². The van der Waals surface area contributed by atoms with Gasteiger partial charge in [-0.1, -0.05) is 29.8 Å². The summed E-state index contributed by atoms with van der Waals surface area (Å²) in [6, 6.07) is 13.2. The van der Waals surface area contributed by atoms with Crippen LogP contribution in [0.2, 0.25) is 5.02 Å². The summed E-state index contributed by atoms with van der Waals surface area (Å²) >= 11 is 6.11. The Hall–Kier alpha value is -2.99. The second-order valence-corrected chi connectivity index (χ2v) is 6.38. The number of halogens is 2. The number of ether oxygens (including phenoxy) is 2. The number of hydrogen-bond acceptors (Lipinski definition) is 3. The Labute approximate surface area is 160 Å². The molecular formula is C20H17ClFNO4. The van der Waals surface area contributed by atoms with Gasteiger partial charge in [0.1, 0.15) is 18.2 Å². The average molecular weight is 390 g/mol. The number of carbonyl (C=O) groups is 1. The predicted molar refractivity (Wildman–Crippen MR) is 99.1 cm³/mol. The Kier molecular flexibility index (Phi) is 5.66. The summed E-state index contributed by atoms with van der Waals surface area (Å²) in [5.41, 5.74) is 2.04. The number of nitrogens with zero attached hydrogens (tertiary/aromatic N) is 1. The van der Waals surface area contributed by atoms with Crippen molar-refractivity contribution in [1.82, 2.24) is 4.57 Å². The molecule has 0 unspecified atom stereocenters. The Morgan fingerprint density at radius 1 is 1.19 bits per heavy atom. The molecule has 140 valence electrons. The molecule has 5 nitrogen and oxygen atoms in total. The molecule has 0 bridgehead atoms. The third-order valence-corrected chi connectivity index (χ3v) is 4.23. The first-order valence-corrected chi connectivity index (χ1v) is 8.52. The minimum atomic E-state index is -1.37. The van der Waals surface area contributed by atoms with Crippen molar-refractivity contribution in [2.75, 3.05) is 0 Å². The minimum Gasteiger partial charge on any atom is -0.488 e. The van der Waals surface area contributed by atoms with Gasteiger partial charge in [0.25, 0.3) is 0 Å². The largest absolute Gasteiger partial charge is 0.511 e. The summed E-state index contributed by atoms with van der Waals surface area (Å²) in [6.45, 7) is 2.31. The van der Waals surface area contributed by atoms with Gasteiger partial charge in [-0.25, -0.2) is 9.18 Å². The molecule has 0 radical (unpaired) electrons. The van der Waals surface area contributed by atoms with E-state index in [-0.39, 0.29) is 18.2 Å². The summed E-state index contributed by atoms with van der Waals surface area (Å²) in [7, 11) is 0. The number of carboxylic acid groups (broad SMARTS) is 1. The SMILES string of the molecule is Cc1cc(OC(=O)O)cn1Cc1cc(Cl)ccc1OCc1ccccc1F. The van der Waals surface area contributed by atoms with Gasteiger partial charge in [0.05, 0.1) is 6.54 Å². The molecule has 0 fully saturated rings. The van der Waals surface area contributed by atoms with Crippen LogP contribution in [0.4, 0.5) is 9.18 Å². The number of hydrogen-bond donors (Lipinski definition) is 1. The van der Waals surface area contributed by atoms with Crippen molar-refractivity contribution in [3.63, 3.8) is 0 Å². The normalized spacial score (nSPS) is 10.6. The van der Waals surface area contributed by atoms with E-state index in [4.69, 9.17) is 21.4 Å². The van der Waals surface area contributed by atoms with Crippen molar-refractivity contribution in [2.45, 2.75) is 20.1 Å². The van der Waals surface area contributed by atoms with E-state index in [1.807, 2.05) is 11.5 Å². The lowest BCUT2D eigenvalue weighted by Gasteiger charge is -2.14. The van der Waals surface area contributed by atoms with E-state index in [9.17, 15) is 9.18 Å². The van der Waals surface area contributed by atoms with Crippen LogP contribution in [0.25, 0.3) is 0 Å². The Balaban J connectivity index is 1.81. The van der Waals surface area contributed by atoms with Gasteiger partial charge in [0.15, 0.2) is 5.75 Å². The highest BCUT2D eigenvalue weighted by Gasteiger charge is 2.11. The second kappa shape index (κ2) is 8.14. The van der Waals surface area contributed by atoms with E-state index in [1.165, 1.54) is 6.07 Å². The van der Waals surface area contributed by atoms with Crippen LogP contribution in [0.1, 0.15) is 16.8 Å². The van der Waals surface area contributed by atoms with Gasteiger partial charge in [-0.05, 0) is 31.2 Å². The molecule has 3 rings (SSSR count). The molecule has 0 saturated carbocycles. The topological polar surface area (TPSA) is 60.7 Å². The van der Waals surface area contributed by atoms with E-state index >= 15 is 0 Å². The number of aromatic nitrogens is 1. The van der Waals surface area contributed by atoms with Crippen molar-refractivity contribution in [1.29, 1.82) is 0 Å². The third-order valence-electron chi connectivity index (χ3n) is 4.00. The molecule has 0 aliphatic rings. The summed E-state index contributed by atoms with van der Waals surface area (Å²) in [4.78, 5) is 10.7. The molecule has 0 aliphatic carbocycles. The summed E-state index contributed by atoms with van der Waals surface area (Å²) < 4.78 is 26.1. The maximum atomic E-state index is 13.8. The van der Waals surface area contributed by atoms with Crippen LogP contribution in [0.5, 0.6) is 11.5 Å². The maximum absolute atomic E-state index is 13.8. The lowest BCUT2D eigenvalue weighted by Crippen LogP contribution is -2.05. The van der Waals surface area contributed by atoms with E-state index in [0.29, 0.717) is 22.9 Å². The van der Waals surface area contributed by atoms with Gasteiger partial charge >= 0.3 is 6.16 Å². The van der Waals surface area contributed by atoms with Crippen LogP contribution >= 0.6 is 11.6 Å². The Morgan fingerprint density at radius 2 is 1.96 bits per heavy atom. The standard InChI is InChI=1S/C20H17ClFNO4/c1-13-8-17(27-20(24)25)11-23(13)10-15-9-16(21)6-7-19(15)26-12-14-4-2-3-5-18(14)22/h2-9,11H,10,12H2,1H3,(H,24,25). The smallest absolute Gasteiger partial charge is 0.488 e. The van der Waals surface area contributed by atoms with E-state index in [2.05, 4.69) is 4.74 Å². The number of rotatable bonds is 6. The maximum Gasteiger partial charge on any atom is 0.511 e. The minimum absolute atomic E-state index is 0.0827. The van der Waals surface area contributed by atoms with Crippen LogP contribution in [0.15, 0.2) is 54.7 Å². The third kappa shape index (κ3) is 4.80. The summed E-state index contributed by atoms with van der Waals surface area (Å²) in [5, 5.41) is 9.28. The highest BCUT2D eigenvalue weighted by Crippen LogP contribution is 2.27. The monoisotopic (exact) mass is 389 g/mol. The predicted octanol–water partition coefficient (Wildman–Crippen LogP) is 5.27. The highest BCUT2D eigenvalue weighted by atomic mass is 35.5. The fraction of sp³-hybridized carbons (Fsp3) is 0.150.